The van der Waals surface area contributed by atoms with Gasteiger partial charge in [0, 0.05) is 18.3 Å². The first-order valence-electron chi connectivity index (χ1n) is 5.97. The van der Waals surface area contributed by atoms with E-state index in [2.05, 4.69) is 23.1 Å². The molecule has 1 aromatic carbocycles. The Morgan fingerprint density at radius 2 is 2.38 bits per heavy atom. The highest BCUT2D eigenvalue weighted by molar-refractivity contribution is 5.62. The van der Waals surface area contributed by atoms with Crippen LogP contribution in [0.2, 0.25) is 0 Å². The zero-order chi connectivity index (χ0) is 11.1. The van der Waals surface area contributed by atoms with Crippen molar-refractivity contribution in [2.45, 2.75) is 18.9 Å². The lowest BCUT2D eigenvalue weighted by atomic mass is 9.97. The summed E-state index contributed by atoms with van der Waals surface area (Å²) in [5.74, 6) is 1.63. The molecule has 3 nitrogen and oxygen atoms in total. The Morgan fingerprint density at radius 3 is 3.12 bits per heavy atom. The van der Waals surface area contributed by atoms with Gasteiger partial charge < -0.3 is 15.4 Å². The minimum Gasteiger partial charge on any atom is -0.497 e. The molecule has 1 saturated heterocycles. The summed E-state index contributed by atoms with van der Waals surface area (Å²) in [6, 6.07) is 7.04. The predicted octanol–water partition coefficient (Wildman–Crippen LogP) is 1.40. The Labute approximate surface area is 96.2 Å². The smallest absolute Gasteiger partial charge is 0.119 e. The number of rotatable bonds is 2. The molecule has 3 rings (SSSR count). The molecule has 0 amide bonds. The average molecular weight is 218 g/mol. The van der Waals surface area contributed by atoms with Gasteiger partial charge in [0.15, 0.2) is 0 Å². The highest BCUT2D eigenvalue weighted by Crippen LogP contribution is 2.41. The van der Waals surface area contributed by atoms with Crippen LogP contribution in [0.4, 0.5) is 5.69 Å². The first kappa shape index (κ1) is 9.97. The van der Waals surface area contributed by atoms with Crippen LogP contribution >= 0.6 is 0 Å². The normalized spacial score (nSPS) is 26.8. The van der Waals surface area contributed by atoms with E-state index in [-0.39, 0.29) is 0 Å². The third-order valence-electron chi connectivity index (χ3n) is 4.01. The van der Waals surface area contributed by atoms with Gasteiger partial charge in [-0.3, -0.25) is 0 Å². The summed E-state index contributed by atoms with van der Waals surface area (Å²) in [6.07, 6.45) is 2.38. The second-order valence-corrected chi connectivity index (χ2v) is 4.74. The van der Waals surface area contributed by atoms with Crippen LogP contribution in [0.15, 0.2) is 18.2 Å². The predicted molar refractivity (Wildman–Crippen MR) is 65.0 cm³/mol. The Morgan fingerprint density at radius 1 is 1.50 bits per heavy atom. The summed E-state index contributed by atoms with van der Waals surface area (Å²) in [6.45, 7) is 1.97. The number of hydrogen-bond donors (Lipinski definition) is 1. The lowest BCUT2D eigenvalue weighted by Crippen LogP contribution is -2.32. The van der Waals surface area contributed by atoms with Gasteiger partial charge in [-0.2, -0.15) is 0 Å². The van der Waals surface area contributed by atoms with Gasteiger partial charge in [0.1, 0.15) is 5.75 Å². The van der Waals surface area contributed by atoms with Crippen LogP contribution < -0.4 is 15.4 Å². The lowest BCUT2D eigenvalue weighted by Gasteiger charge is -2.21. The molecule has 2 unspecified atom stereocenters. The van der Waals surface area contributed by atoms with E-state index < -0.39 is 0 Å². The van der Waals surface area contributed by atoms with Crippen LogP contribution in [0.5, 0.6) is 5.75 Å². The van der Waals surface area contributed by atoms with Crippen LogP contribution in [-0.4, -0.2) is 26.2 Å². The van der Waals surface area contributed by atoms with Crippen LogP contribution in [0.1, 0.15) is 12.0 Å². The molecule has 1 fully saturated rings. The van der Waals surface area contributed by atoms with Crippen molar-refractivity contribution in [1.29, 1.82) is 0 Å². The average Bonchev–Trinajstić information content (AvgIpc) is 2.85. The van der Waals surface area contributed by atoms with E-state index in [0.29, 0.717) is 12.0 Å². The Hall–Kier alpha value is -1.22. The molecule has 0 bridgehead atoms. The van der Waals surface area contributed by atoms with Gasteiger partial charge in [0.25, 0.3) is 0 Å². The Balaban J connectivity index is 1.93. The Kier molecular flexibility index (Phi) is 2.28. The molecule has 2 atom stereocenters. The van der Waals surface area contributed by atoms with Crippen LogP contribution in [-0.2, 0) is 6.42 Å². The molecular formula is C13H18N2O. The molecule has 2 heterocycles. The van der Waals surface area contributed by atoms with Crippen molar-refractivity contribution >= 4 is 5.69 Å². The number of nitrogens with two attached hydrogens (primary N) is 1. The maximum atomic E-state index is 5.83. The quantitative estimate of drug-likeness (QED) is 0.815. The fourth-order valence-corrected chi connectivity index (χ4v) is 3.13. The minimum atomic E-state index is 0.632. The van der Waals surface area contributed by atoms with Crippen molar-refractivity contribution < 1.29 is 4.74 Å². The molecule has 16 heavy (non-hydrogen) atoms. The summed E-state index contributed by atoms with van der Waals surface area (Å²) < 4.78 is 5.27. The number of fused-ring (bicyclic) bond motifs is 3. The molecule has 1 aromatic rings. The number of hydrogen-bond acceptors (Lipinski definition) is 3. The second-order valence-electron chi connectivity index (χ2n) is 4.74. The van der Waals surface area contributed by atoms with Gasteiger partial charge in [-0.15, -0.1) is 0 Å². The summed E-state index contributed by atoms with van der Waals surface area (Å²) in [5.41, 5.74) is 8.64. The molecule has 0 aromatic heterocycles. The van der Waals surface area contributed by atoms with Gasteiger partial charge in [-0.1, -0.05) is 0 Å². The molecule has 3 heteroatoms. The van der Waals surface area contributed by atoms with Crippen LogP contribution in [0, 0.1) is 5.92 Å². The van der Waals surface area contributed by atoms with Crippen molar-refractivity contribution in [2.24, 2.45) is 11.7 Å². The third kappa shape index (κ3) is 1.31. The SMILES string of the molecule is COc1ccc2c(c1)CC1C(CN)CCN21. The number of ether oxygens (including phenoxy) is 1. The van der Waals surface area contributed by atoms with Crippen molar-refractivity contribution in [3.8, 4) is 5.75 Å². The van der Waals surface area contributed by atoms with E-state index in [9.17, 15) is 0 Å². The zero-order valence-electron chi connectivity index (χ0n) is 9.65. The van der Waals surface area contributed by atoms with Crippen LogP contribution in [0.25, 0.3) is 0 Å². The fourth-order valence-electron chi connectivity index (χ4n) is 3.13. The maximum absolute atomic E-state index is 5.83. The number of anilines is 1. The van der Waals surface area contributed by atoms with Gasteiger partial charge in [-0.05, 0) is 49.1 Å². The van der Waals surface area contributed by atoms with Gasteiger partial charge >= 0.3 is 0 Å². The number of nitrogens with zero attached hydrogens (tertiary/aromatic N) is 1. The monoisotopic (exact) mass is 218 g/mol. The highest BCUT2D eigenvalue weighted by atomic mass is 16.5. The van der Waals surface area contributed by atoms with Gasteiger partial charge in [0.05, 0.1) is 7.11 Å². The van der Waals surface area contributed by atoms with E-state index in [4.69, 9.17) is 10.5 Å². The van der Waals surface area contributed by atoms with Crippen molar-refractivity contribution in [3.63, 3.8) is 0 Å². The highest BCUT2D eigenvalue weighted by Gasteiger charge is 2.39. The first-order chi connectivity index (χ1) is 7.83. The molecular weight excluding hydrogens is 200 g/mol. The molecule has 0 saturated carbocycles. The van der Waals surface area contributed by atoms with Gasteiger partial charge in [-0.25, -0.2) is 0 Å². The van der Waals surface area contributed by atoms with E-state index >= 15 is 0 Å². The van der Waals surface area contributed by atoms with E-state index in [0.717, 1.165) is 25.3 Å². The standard InChI is InChI=1S/C13H18N2O/c1-16-11-2-3-12-10(6-11)7-13-9(8-14)4-5-15(12)13/h2-3,6,9,13H,4-5,7-8,14H2,1H3. The largest absolute Gasteiger partial charge is 0.497 e. The maximum Gasteiger partial charge on any atom is 0.119 e. The van der Waals surface area contributed by atoms with Crippen LogP contribution in [0.3, 0.4) is 0 Å². The zero-order valence-corrected chi connectivity index (χ0v) is 9.65. The second kappa shape index (κ2) is 3.67. The molecule has 0 spiro atoms. The first-order valence-corrected chi connectivity index (χ1v) is 5.97. The minimum absolute atomic E-state index is 0.632. The van der Waals surface area contributed by atoms with E-state index in [1.807, 2.05) is 0 Å². The number of benzene rings is 1. The topological polar surface area (TPSA) is 38.5 Å². The molecule has 2 aliphatic heterocycles. The van der Waals surface area contributed by atoms with E-state index in [1.165, 1.54) is 17.7 Å². The molecule has 0 aliphatic carbocycles. The molecule has 86 valence electrons. The summed E-state index contributed by atoms with van der Waals surface area (Å²) in [5, 5.41) is 0. The summed E-state index contributed by atoms with van der Waals surface area (Å²) >= 11 is 0. The molecule has 2 aliphatic rings. The molecule has 2 N–H and O–H groups in total. The van der Waals surface area contributed by atoms with Gasteiger partial charge in [0.2, 0.25) is 0 Å². The van der Waals surface area contributed by atoms with Crippen molar-refractivity contribution in [2.75, 3.05) is 25.1 Å². The third-order valence-corrected chi connectivity index (χ3v) is 4.01. The van der Waals surface area contributed by atoms with E-state index in [1.54, 1.807) is 7.11 Å². The fraction of sp³-hybridized carbons (Fsp3) is 0.538. The van der Waals surface area contributed by atoms with Crippen molar-refractivity contribution in [3.05, 3.63) is 23.8 Å². The number of methoxy groups -OCH3 is 1. The molecule has 0 radical (unpaired) electrons. The lowest BCUT2D eigenvalue weighted by molar-refractivity contribution is 0.414. The Bertz CT molecular complexity index is 405. The summed E-state index contributed by atoms with van der Waals surface area (Å²) in [7, 11) is 1.72. The van der Waals surface area contributed by atoms with Crippen molar-refractivity contribution in [1.82, 2.24) is 0 Å². The summed E-state index contributed by atoms with van der Waals surface area (Å²) in [4.78, 5) is 2.52.